The van der Waals surface area contributed by atoms with Gasteiger partial charge in [-0.25, -0.2) is 4.79 Å². The predicted octanol–water partition coefficient (Wildman–Crippen LogP) is 2.08. The van der Waals surface area contributed by atoms with E-state index in [0.717, 1.165) is 24.3 Å². The molecule has 5 heteroatoms. The maximum atomic E-state index is 11.8. The van der Waals surface area contributed by atoms with Gasteiger partial charge in [0.25, 0.3) is 0 Å². The van der Waals surface area contributed by atoms with Gasteiger partial charge in [-0.1, -0.05) is 12.1 Å². The molecule has 1 N–H and O–H groups in total. The third kappa shape index (κ3) is 3.87. The number of para-hydroxylation sites is 2. The molecule has 0 heterocycles. The molecule has 0 saturated heterocycles. The second kappa shape index (κ2) is 7.14. The molecular weight excluding hydrogens is 258 g/mol. The number of carbonyl (C=O) groups is 1. The fourth-order valence-electron chi connectivity index (χ4n) is 2.04. The van der Waals surface area contributed by atoms with E-state index in [4.69, 9.17) is 14.2 Å². The average molecular weight is 279 g/mol. The summed E-state index contributed by atoms with van der Waals surface area (Å²) in [5.41, 5.74) is 0.811. The van der Waals surface area contributed by atoms with Gasteiger partial charge in [-0.05, 0) is 30.9 Å². The van der Waals surface area contributed by atoms with Crippen molar-refractivity contribution < 1.29 is 19.0 Å². The summed E-state index contributed by atoms with van der Waals surface area (Å²) in [6, 6.07) is 7.29. The van der Waals surface area contributed by atoms with Gasteiger partial charge < -0.3 is 19.5 Å². The molecule has 0 radical (unpaired) electrons. The Morgan fingerprint density at radius 1 is 1.30 bits per heavy atom. The van der Waals surface area contributed by atoms with Crippen LogP contribution >= 0.6 is 0 Å². The molecule has 1 aromatic rings. The lowest BCUT2D eigenvalue weighted by Crippen LogP contribution is -2.32. The molecule has 0 aromatic heterocycles. The maximum Gasteiger partial charge on any atom is 0.328 e. The van der Waals surface area contributed by atoms with Gasteiger partial charge in [0.2, 0.25) is 0 Å². The summed E-state index contributed by atoms with van der Waals surface area (Å²) >= 11 is 0. The minimum atomic E-state index is -0.299. The zero-order chi connectivity index (χ0) is 14.4. The number of hydrogen-bond donors (Lipinski definition) is 1. The van der Waals surface area contributed by atoms with E-state index in [-0.39, 0.29) is 12.0 Å². The minimum absolute atomic E-state index is 0.223. The summed E-state index contributed by atoms with van der Waals surface area (Å²) in [4.78, 5) is 11.8. The van der Waals surface area contributed by atoms with E-state index in [9.17, 15) is 4.79 Å². The molecule has 0 amide bonds. The van der Waals surface area contributed by atoms with Crippen LogP contribution < -0.4 is 10.1 Å². The third-order valence-electron chi connectivity index (χ3n) is 3.29. The van der Waals surface area contributed by atoms with Gasteiger partial charge in [-0.2, -0.15) is 0 Å². The number of nitrogens with one attached hydrogen (secondary N) is 1. The number of ether oxygens (including phenoxy) is 3. The molecule has 1 unspecified atom stereocenters. The molecule has 2 rings (SSSR count). The molecule has 1 saturated carbocycles. The molecule has 5 nitrogen and oxygen atoms in total. The molecule has 1 aliphatic rings. The van der Waals surface area contributed by atoms with Crippen molar-refractivity contribution in [1.82, 2.24) is 0 Å². The number of carbonyl (C=O) groups excluding carboxylic acids is 1. The largest absolute Gasteiger partial charge is 0.489 e. The van der Waals surface area contributed by atoms with E-state index in [0.29, 0.717) is 19.1 Å². The normalized spacial score (nSPS) is 15.5. The van der Waals surface area contributed by atoms with Crippen molar-refractivity contribution in [2.45, 2.75) is 18.9 Å². The summed E-state index contributed by atoms with van der Waals surface area (Å²) in [6.45, 7) is 0.999. The Kier molecular flexibility index (Phi) is 5.24. The first kappa shape index (κ1) is 14.7. The summed E-state index contributed by atoms with van der Waals surface area (Å²) in [7, 11) is 3.05. The van der Waals surface area contributed by atoms with E-state index in [1.165, 1.54) is 7.11 Å². The van der Waals surface area contributed by atoms with Crippen molar-refractivity contribution in [2.24, 2.45) is 5.92 Å². The zero-order valence-corrected chi connectivity index (χ0v) is 11.9. The standard InChI is InChI=1S/C15H21NO4/c1-18-9-10-20-13-6-4-3-5-12(13)16-14(11-7-8-11)15(17)19-2/h3-6,11,14,16H,7-10H2,1-2H3. The Morgan fingerprint density at radius 3 is 2.70 bits per heavy atom. The number of methoxy groups -OCH3 is 2. The second-order valence-corrected chi connectivity index (χ2v) is 4.82. The first-order valence-electron chi connectivity index (χ1n) is 6.81. The van der Waals surface area contributed by atoms with Gasteiger partial charge in [-0.15, -0.1) is 0 Å². The van der Waals surface area contributed by atoms with Crippen LogP contribution in [0.5, 0.6) is 5.75 Å². The Balaban J connectivity index is 2.04. The highest BCUT2D eigenvalue weighted by Crippen LogP contribution is 2.36. The van der Waals surface area contributed by atoms with Crippen LogP contribution in [0.2, 0.25) is 0 Å². The summed E-state index contributed by atoms with van der Waals surface area (Å²) in [6.07, 6.45) is 2.11. The number of hydrogen-bond acceptors (Lipinski definition) is 5. The van der Waals surface area contributed by atoms with Crippen LogP contribution in [0.15, 0.2) is 24.3 Å². The molecule has 0 spiro atoms. The highest BCUT2D eigenvalue weighted by molar-refractivity contribution is 5.80. The van der Waals surface area contributed by atoms with Crippen LogP contribution in [0, 0.1) is 5.92 Å². The third-order valence-corrected chi connectivity index (χ3v) is 3.29. The molecule has 0 aliphatic heterocycles. The van der Waals surface area contributed by atoms with Crippen molar-refractivity contribution >= 4 is 11.7 Å². The van der Waals surface area contributed by atoms with Crippen molar-refractivity contribution in [1.29, 1.82) is 0 Å². The lowest BCUT2D eigenvalue weighted by molar-refractivity contribution is -0.142. The zero-order valence-electron chi connectivity index (χ0n) is 11.9. The van der Waals surface area contributed by atoms with E-state index in [1.54, 1.807) is 7.11 Å². The summed E-state index contributed by atoms with van der Waals surface area (Å²) in [5, 5.41) is 3.25. The van der Waals surface area contributed by atoms with Gasteiger partial charge in [0, 0.05) is 7.11 Å². The molecule has 110 valence electrons. The molecule has 1 aliphatic carbocycles. The summed E-state index contributed by atoms with van der Waals surface area (Å²) in [5.74, 6) is 0.854. The number of esters is 1. The fourth-order valence-corrected chi connectivity index (χ4v) is 2.04. The van der Waals surface area contributed by atoms with Crippen molar-refractivity contribution in [2.75, 3.05) is 32.8 Å². The van der Waals surface area contributed by atoms with Gasteiger partial charge in [0.1, 0.15) is 18.4 Å². The first-order valence-corrected chi connectivity index (χ1v) is 6.81. The highest BCUT2D eigenvalue weighted by atomic mass is 16.5. The maximum absolute atomic E-state index is 11.8. The van der Waals surface area contributed by atoms with Crippen molar-refractivity contribution in [3.63, 3.8) is 0 Å². The van der Waals surface area contributed by atoms with Crippen molar-refractivity contribution in [3.8, 4) is 5.75 Å². The topological polar surface area (TPSA) is 56.8 Å². The van der Waals surface area contributed by atoms with Gasteiger partial charge >= 0.3 is 5.97 Å². The minimum Gasteiger partial charge on any atom is -0.489 e. The monoisotopic (exact) mass is 279 g/mol. The smallest absolute Gasteiger partial charge is 0.328 e. The second-order valence-electron chi connectivity index (χ2n) is 4.82. The Hall–Kier alpha value is -1.75. The molecule has 0 bridgehead atoms. The Morgan fingerprint density at radius 2 is 2.05 bits per heavy atom. The van der Waals surface area contributed by atoms with Crippen LogP contribution in [-0.2, 0) is 14.3 Å². The van der Waals surface area contributed by atoms with Crippen LogP contribution in [0.1, 0.15) is 12.8 Å². The Labute approximate surface area is 119 Å². The summed E-state index contributed by atoms with van der Waals surface area (Å²) < 4.78 is 15.5. The molecule has 20 heavy (non-hydrogen) atoms. The average Bonchev–Trinajstić information content (AvgIpc) is 3.30. The van der Waals surface area contributed by atoms with E-state index < -0.39 is 0 Å². The number of anilines is 1. The molecule has 1 fully saturated rings. The molecule has 1 aromatic carbocycles. The lowest BCUT2D eigenvalue weighted by Gasteiger charge is -2.19. The quantitative estimate of drug-likeness (QED) is 0.583. The van der Waals surface area contributed by atoms with Crippen LogP contribution in [0.25, 0.3) is 0 Å². The lowest BCUT2D eigenvalue weighted by atomic mass is 10.1. The van der Waals surface area contributed by atoms with E-state index >= 15 is 0 Å². The number of benzene rings is 1. The predicted molar refractivity (Wildman–Crippen MR) is 76.0 cm³/mol. The SMILES string of the molecule is COCCOc1ccccc1NC(C(=O)OC)C1CC1. The van der Waals surface area contributed by atoms with Crippen LogP contribution in [0.4, 0.5) is 5.69 Å². The van der Waals surface area contributed by atoms with Gasteiger partial charge in [0.15, 0.2) is 0 Å². The van der Waals surface area contributed by atoms with Gasteiger partial charge in [0.05, 0.1) is 19.4 Å². The van der Waals surface area contributed by atoms with E-state index in [1.807, 2.05) is 24.3 Å². The van der Waals surface area contributed by atoms with Crippen molar-refractivity contribution in [3.05, 3.63) is 24.3 Å². The first-order chi connectivity index (χ1) is 9.76. The Bertz CT molecular complexity index is 445. The fraction of sp³-hybridized carbons (Fsp3) is 0.533. The van der Waals surface area contributed by atoms with E-state index in [2.05, 4.69) is 5.32 Å². The molecule has 1 atom stereocenters. The highest BCUT2D eigenvalue weighted by Gasteiger charge is 2.37. The van der Waals surface area contributed by atoms with Crippen LogP contribution in [-0.4, -0.2) is 39.4 Å². The van der Waals surface area contributed by atoms with Crippen LogP contribution in [0.3, 0.4) is 0 Å². The number of rotatable bonds is 8. The van der Waals surface area contributed by atoms with Gasteiger partial charge in [-0.3, -0.25) is 0 Å². The molecular formula is C15H21NO4.